The van der Waals surface area contributed by atoms with Gasteiger partial charge in [-0.2, -0.15) is 0 Å². The molecule has 0 unspecified atom stereocenters. The molecule has 1 rings (SSSR count). The van der Waals surface area contributed by atoms with E-state index in [1.54, 1.807) is 6.07 Å². The molecular weight excluding hydrogens is 191 g/mol. The summed E-state index contributed by atoms with van der Waals surface area (Å²) < 4.78 is 12.6. The van der Waals surface area contributed by atoms with Crippen molar-refractivity contribution in [3.63, 3.8) is 0 Å². The summed E-state index contributed by atoms with van der Waals surface area (Å²) in [5, 5.41) is 3.53. The van der Waals surface area contributed by atoms with Crippen LogP contribution in [0.5, 0.6) is 0 Å². The minimum Gasteiger partial charge on any atom is -0.329 e. The Morgan fingerprint density at radius 2 is 2.23 bits per heavy atom. The zero-order chi connectivity index (χ0) is 9.68. The van der Waals surface area contributed by atoms with Gasteiger partial charge in [0, 0.05) is 24.7 Å². The molecular formula is C9H12ClFN2. The van der Waals surface area contributed by atoms with Crippen molar-refractivity contribution in [2.45, 2.75) is 6.54 Å². The van der Waals surface area contributed by atoms with Crippen molar-refractivity contribution in [3.8, 4) is 0 Å². The molecule has 0 radical (unpaired) electrons. The number of nitrogens with two attached hydrogens (primary N) is 1. The summed E-state index contributed by atoms with van der Waals surface area (Å²) in [6.07, 6.45) is 0. The number of nitrogens with one attached hydrogen (secondary N) is 1. The maximum absolute atomic E-state index is 12.6. The first-order chi connectivity index (χ1) is 6.24. The van der Waals surface area contributed by atoms with E-state index in [1.165, 1.54) is 12.1 Å². The lowest BCUT2D eigenvalue weighted by molar-refractivity contribution is 0.625. The van der Waals surface area contributed by atoms with Crippen LogP contribution in [0.2, 0.25) is 5.02 Å². The van der Waals surface area contributed by atoms with E-state index in [9.17, 15) is 4.39 Å². The first kappa shape index (κ1) is 10.4. The second-order valence-corrected chi connectivity index (χ2v) is 3.11. The summed E-state index contributed by atoms with van der Waals surface area (Å²) >= 11 is 5.80. The van der Waals surface area contributed by atoms with Gasteiger partial charge in [0.15, 0.2) is 0 Å². The highest BCUT2D eigenvalue weighted by atomic mass is 35.5. The fraction of sp³-hybridized carbons (Fsp3) is 0.333. The number of benzene rings is 1. The number of halogens is 2. The average Bonchev–Trinajstić information content (AvgIpc) is 2.09. The molecule has 3 N–H and O–H groups in total. The molecule has 0 heterocycles. The second-order valence-electron chi connectivity index (χ2n) is 2.70. The van der Waals surface area contributed by atoms with Crippen LogP contribution in [0.15, 0.2) is 18.2 Å². The molecule has 0 aliphatic rings. The van der Waals surface area contributed by atoms with Gasteiger partial charge in [-0.3, -0.25) is 0 Å². The van der Waals surface area contributed by atoms with Crippen LogP contribution >= 0.6 is 11.6 Å². The SMILES string of the molecule is NCCNCc1ccc(F)cc1Cl. The molecule has 0 saturated carbocycles. The van der Waals surface area contributed by atoms with E-state index in [0.29, 0.717) is 18.1 Å². The first-order valence-electron chi connectivity index (χ1n) is 4.08. The van der Waals surface area contributed by atoms with Crippen molar-refractivity contribution in [2.24, 2.45) is 5.73 Å². The number of hydrogen-bond donors (Lipinski definition) is 2. The maximum atomic E-state index is 12.6. The van der Waals surface area contributed by atoms with Gasteiger partial charge in [0.25, 0.3) is 0 Å². The van der Waals surface area contributed by atoms with Crippen LogP contribution in [-0.2, 0) is 6.54 Å². The summed E-state index contributed by atoms with van der Waals surface area (Å²) in [4.78, 5) is 0. The molecule has 0 spiro atoms. The van der Waals surface area contributed by atoms with Crippen molar-refractivity contribution in [1.82, 2.24) is 5.32 Å². The van der Waals surface area contributed by atoms with Crippen LogP contribution in [0.4, 0.5) is 4.39 Å². The van der Waals surface area contributed by atoms with Crippen LogP contribution in [0.1, 0.15) is 5.56 Å². The smallest absolute Gasteiger partial charge is 0.124 e. The van der Waals surface area contributed by atoms with E-state index in [-0.39, 0.29) is 5.82 Å². The van der Waals surface area contributed by atoms with Gasteiger partial charge < -0.3 is 11.1 Å². The Kier molecular flexibility index (Phi) is 4.15. The first-order valence-corrected chi connectivity index (χ1v) is 4.46. The van der Waals surface area contributed by atoms with E-state index in [4.69, 9.17) is 17.3 Å². The fourth-order valence-corrected chi connectivity index (χ4v) is 1.22. The zero-order valence-electron chi connectivity index (χ0n) is 7.19. The third-order valence-electron chi connectivity index (χ3n) is 1.65. The summed E-state index contributed by atoms with van der Waals surface area (Å²) in [6.45, 7) is 1.93. The van der Waals surface area contributed by atoms with Crippen LogP contribution in [0, 0.1) is 5.82 Å². The van der Waals surface area contributed by atoms with Gasteiger partial charge in [0.05, 0.1) is 0 Å². The van der Waals surface area contributed by atoms with Gasteiger partial charge in [0.1, 0.15) is 5.82 Å². The normalized spacial score (nSPS) is 10.4. The Labute approximate surface area is 81.9 Å². The van der Waals surface area contributed by atoms with Gasteiger partial charge in [-0.15, -0.1) is 0 Å². The summed E-state index contributed by atoms with van der Waals surface area (Å²) in [7, 11) is 0. The molecule has 0 saturated heterocycles. The predicted molar refractivity (Wildman–Crippen MR) is 52.2 cm³/mol. The zero-order valence-corrected chi connectivity index (χ0v) is 7.94. The van der Waals surface area contributed by atoms with Crippen LogP contribution < -0.4 is 11.1 Å². The quantitative estimate of drug-likeness (QED) is 0.727. The molecule has 0 atom stereocenters. The molecule has 2 nitrogen and oxygen atoms in total. The minimum atomic E-state index is -0.312. The molecule has 1 aromatic carbocycles. The Hall–Kier alpha value is -0.640. The lowest BCUT2D eigenvalue weighted by Gasteiger charge is -2.05. The lowest BCUT2D eigenvalue weighted by atomic mass is 10.2. The summed E-state index contributed by atoms with van der Waals surface area (Å²) in [6, 6.07) is 4.37. The number of hydrogen-bond acceptors (Lipinski definition) is 2. The number of rotatable bonds is 4. The van der Waals surface area contributed by atoms with Crippen molar-refractivity contribution < 1.29 is 4.39 Å². The molecule has 0 fully saturated rings. The molecule has 72 valence electrons. The molecule has 0 aliphatic carbocycles. The molecule has 0 aliphatic heterocycles. The lowest BCUT2D eigenvalue weighted by Crippen LogP contribution is -2.21. The molecule has 1 aromatic rings. The van der Waals surface area contributed by atoms with Crippen molar-refractivity contribution in [1.29, 1.82) is 0 Å². The largest absolute Gasteiger partial charge is 0.329 e. The second kappa shape index (κ2) is 5.17. The third-order valence-corrected chi connectivity index (χ3v) is 2.00. The van der Waals surface area contributed by atoms with Gasteiger partial charge in [-0.1, -0.05) is 17.7 Å². The monoisotopic (exact) mass is 202 g/mol. The summed E-state index contributed by atoms with van der Waals surface area (Å²) in [5.74, 6) is -0.312. The predicted octanol–water partition coefficient (Wildman–Crippen LogP) is 1.53. The standard InChI is InChI=1S/C9H12ClFN2/c10-9-5-8(11)2-1-7(9)6-13-4-3-12/h1-2,5,13H,3-4,6,12H2. The van der Waals surface area contributed by atoms with E-state index in [2.05, 4.69) is 5.32 Å². The highest BCUT2D eigenvalue weighted by Crippen LogP contribution is 2.16. The van der Waals surface area contributed by atoms with Crippen molar-refractivity contribution in [3.05, 3.63) is 34.6 Å². The van der Waals surface area contributed by atoms with Crippen LogP contribution in [0.3, 0.4) is 0 Å². The maximum Gasteiger partial charge on any atom is 0.124 e. The minimum absolute atomic E-state index is 0.312. The van der Waals surface area contributed by atoms with E-state index >= 15 is 0 Å². The van der Waals surface area contributed by atoms with Gasteiger partial charge >= 0.3 is 0 Å². The van der Waals surface area contributed by atoms with Crippen molar-refractivity contribution >= 4 is 11.6 Å². The Balaban J connectivity index is 2.56. The molecule has 4 heteroatoms. The third kappa shape index (κ3) is 3.30. The Bertz CT molecular complexity index is 278. The highest BCUT2D eigenvalue weighted by Gasteiger charge is 2.00. The topological polar surface area (TPSA) is 38.0 Å². The van der Waals surface area contributed by atoms with Crippen LogP contribution in [0.25, 0.3) is 0 Å². The van der Waals surface area contributed by atoms with Crippen LogP contribution in [-0.4, -0.2) is 13.1 Å². The van der Waals surface area contributed by atoms with E-state index in [0.717, 1.165) is 12.1 Å². The van der Waals surface area contributed by atoms with Gasteiger partial charge in [-0.05, 0) is 17.7 Å². The van der Waals surface area contributed by atoms with E-state index in [1.807, 2.05) is 0 Å². The Morgan fingerprint density at radius 3 is 2.85 bits per heavy atom. The molecule has 0 amide bonds. The molecule has 0 bridgehead atoms. The van der Waals surface area contributed by atoms with Gasteiger partial charge in [-0.25, -0.2) is 4.39 Å². The molecule has 13 heavy (non-hydrogen) atoms. The fourth-order valence-electron chi connectivity index (χ4n) is 0.990. The summed E-state index contributed by atoms with van der Waals surface area (Å²) in [5.41, 5.74) is 6.19. The molecule has 0 aromatic heterocycles. The highest BCUT2D eigenvalue weighted by molar-refractivity contribution is 6.31. The Morgan fingerprint density at radius 1 is 1.46 bits per heavy atom. The van der Waals surface area contributed by atoms with Crippen molar-refractivity contribution in [2.75, 3.05) is 13.1 Å². The average molecular weight is 203 g/mol. The van der Waals surface area contributed by atoms with E-state index < -0.39 is 0 Å². The van der Waals surface area contributed by atoms with Gasteiger partial charge in [0.2, 0.25) is 0 Å².